The summed E-state index contributed by atoms with van der Waals surface area (Å²) in [5.74, 6) is 0.858. The lowest BCUT2D eigenvalue weighted by molar-refractivity contribution is 1.00. The van der Waals surface area contributed by atoms with Gasteiger partial charge in [-0.1, -0.05) is 30.3 Å². The third kappa shape index (κ3) is 3.10. The molecule has 21 heavy (non-hydrogen) atoms. The van der Waals surface area contributed by atoms with Gasteiger partial charge in [0.05, 0.1) is 30.1 Å². The molecular formula is C17H14N4. The first-order chi connectivity index (χ1) is 10.3. The van der Waals surface area contributed by atoms with Gasteiger partial charge in [-0.15, -0.1) is 0 Å². The predicted molar refractivity (Wildman–Crippen MR) is 82.5 cm³/mol. The second-order valence-electron chi connectivity index (χ2n) is 4.66. The second kappa shape index (κ2) is 5.93. The van der Waals surface area contributed by atoms with Crippen LogP contribution in [0.15, 0.2) is 60.8 Å². The van der Waals surface area contributed by atoms with Crippen molar-refractivity contribution in [2.24, 2.45) is 0 Å². The summed E-state index contributed by atoms with van der Waals surface area (Å²) in [4.78, 5) is 7.63. The quantitative estimate of drug-likeness (QED) is 0.764. The SMILES string of the molecule is N#Cc1cccc(-c2cnc(CNc3ccccc3)[nH]2)c1. The highest BCUT2D eigenvalue weighted by atomic mass is 15.0. The lowest BCUT2D eigenvalue weighted by Gasteiger charge is -2.03. The molecule has 0 saturated heterocycles. The van der Waals surface area contributed by atoms with Crippen molar-refractivity contribution in [3.05, 3.63) is 72.2 Å². The number of hydrogen-bond acceptors (Lipinski definition) is 3. The smallest absolute Gasteiger partial charge is 0.125 e. The van der Waals surface area contributed by atoms with Gasteiger partial charge < -0.3 is 10.3 Å². The summed E-state index contributed by atoms with van der Waals surface area (Å²) in [6, 6.07) is 19.6. The highest BCUT2D eigenvalue weighted by Gasteiger charge is 2.04. The molecule has 2 aromatic carbocycles. The largest absolute Gasteiger partial charge is 0.378 e. The number of rotatable bonds is 4. The summed E-state index contributed by atoms with van der Waals surface area (Å²) in [5, 5.41) is 12.2. The lowest BCUT2D eigenvalue weighted by Crippen LogP contribution is -2.00. The zero-order valence-electron chi connectivity index (χ0n) is 11.4. The van der Waals surface area contributed by atoms with Crippen LogP contribution in [0.5, 0.6) is 0 Å². The Morgan fingerprint density at radius 3 is 2.76 bits per heavy atom. The Bertz CT molecular complexity index is 769. The van der Waals surface area contributed by atoms with Gasteiger partial charge in [0, 0.05) is 11.3 Å². The molecule has 2 N–H and O–H groups in total. The molecule has 0 aliphatic heterocycles. The molecule has 0 aliphatic carbocycles. The number of nitriles is 1. The molecule has 4 heteroatoms. The van der Waals surface area contributed by atoms with Crippen LogP contribution in [0.1, 0.15) is 11.4 Å². The molecule has 4 nitrogen and oxygen atoms in total. The molecule has 1 aromatic heterocycles. The van der Waals surface area contributed by atoms with E-state index >= 15 is 0 Å². The molecule has 0 fully saturated rings. The molecule has 0 aliphatic rings. The van der Waals surface area contributed by atoms with E-state index in [1.165, 1.54) is 0 Å². The number of imidazole rings is 1. The van der Waals surface area contributed by atoms with E-state index in [0.717, 1.165) is 22.8 Å². The molecule has 3 rings (SSSR count). The first kappa shape index (κ1) is 12.9. The highest BCUT2D eigenvalue weighted by molar-refractivity contribution is 5.60. The Labute approximate surface area is 123 Å². The molecular weight excluding hydrogens is 260 g/mol. The van der Waals surface area contributed by atoms with Crippen LogP contribution in [0.4, 0.5) is 5.69 Å². The second-order valence-corrected chi connectivity index (χ2v) is 4.66. The van der Waals surface area contributed by atoms with Gasteiger partial charge in [-0.05, 0) is 24.3 Å². The third-order valence-electron chi connectivity index (χ3n) is 3.16. The van der Waals surface area contributed by atoms with Crippen LogP contribution >= 0.6 is 0 Å². The van der Waals surface area contributed by atoms with Crippen molar-refractivity contribution in [2.45, 2.75) is 6.54 Å². The van der Waals surface area contributed by atoms with Gasteiger partial charge in [-0.25, -0.2) is 4.98 Å². The molecule has 0 atom stereocenters. The van der Waals surface area contributed by atoms with Crippen LogP contribution in [0, 0.1) is 11.3 Å². The van der Waals surface area contributed by atoms with E-state index in [2.05, 4.69) is 21.4 Å². The van der Waals surface area contributed by atoms with E-state index < -0.39 is 0 Å². The van der Waals surface area contributed by atoms with E-state index in [4.69, 9.17) is 5.26 Å². The monoisotopic (exact) mass is 274 g/mol. The maximum Gasteiger partial charge on any atom is 0.125 e. The van der Waals surface area contributed by atoms with E-state index in [9.17, 15) is 0 Å². The summed E-state index contributed by atoms with van der Waals surface area (Å²) in [6.45, 7) is 0.627. The first-order valence-corrected chi connectivity index (χ1v) is 6.68. The maximum absolute atomic E-state index is 8.94. The van der Waals surface area contributed by atoms with E-state index in [-0.39, 0.29) is 0 Å². The molecule has 0 saturated carbocycles. The van der Waals surface area contributed by atoms with Crippen molar-refractivity contribution in [3.63, 3.8) is 0 Å². The molecule has 0 radical (unpaired) electrons. The van der Waals surface area contributed by atoms with Gasteiger partial charge in [-0.3, -0.25) is 0 Å². The fourth-order valence-electron chi connectivity index (χ4n) is 2.10. The van der Waals surface area contributed by atoms with E-state index in [0.29, 0.717) is 12.1 Å². The number of H-pyrrole nitrogens is 1. The molecule has 0 amide bonds. The number of nitrogens with zero attached hydrogens (tertiary/aromatic N) is 2. The van der Waals surface area contributed by atoms with E-state index in [1.807, 2.05) is 48.5 Å². The van der Waals surface area contributed by atoms with Crippen molar-refractivity contribution in [1.82, 2.24) is 9.97 Å². The molecule has 1 heterocycles. The van der Waals surface area contributed by atoms with Gasteiger partial charge in [0.1, 0.15) is 5.82 Å². The van der Waals surface area contributed by atoms with Gasteiger partial charge in [0.25, 0.3) is 0 Å². The van der Waals surface area contributed by atoms with Crippen molar-refractivity contribution >= 4 is 5.69 Å². The Morgan fingerprint density at radius 1 is 1.10 bits per heavy atom. The Kier molecular flexibility index (Phi) is 3.66. The summed E-state index contributed by atoms with van der Waals surface area (Å²) >= 11 is 0. The van der Waals surface area contributed by atoms with Crippen molar-refractivity contribution in [2.75, 3.05) is 5.32 Å². The number of anilines is 1. The Balaban J connectivity index is 1.73. The number of nitrogens with one attached hydrogen (secondary N) is 2. The Morgan fingerprint density at radius 2 is 1.95 bits per heavy atom. The van der Waals surface area contributed by atoms with Gasteiger partial charge in [0.2, 0.25) is 0 Å². The number of para-hydroxylation sites is 1. The van der Waals surface area contributed by atoms with Crippen molar-refractivity contribution in [1.29, 1.82) is 5.26 Å². The van der Waals surface area contributed by atoms with Crippen molar-refractivity contribution in [3.8, 4) is 17.3 Å². The molecule has 0 bridgehead atoms. The average molecular weight is 274 g/mol. The summed E-state index contributed by atoms with van der Waals surface area (Å²) in [7, 11) is 0. The molecule has 3 aromatic rings. The standard InChI is InChI=1S/C17H14N4/c18-10-13-5-4-6-14(9-13)16-11-20-17(21-16)12-19-15-7-2-1-3-8-15/h1-9,11,19H,12H2,(H,20,21). The third-order valence-corrected chi connectivity index (χ3v) is 3.16. The van der Waals surface area contributed by atoms with E-state index in [1.54, 1.807) is 12.3 Å². The first-order valence-electron chi connectivity index (χ1n) is 6.68. The number of benzene rings is 2. The minimum atomic E-state index is 0.627. The zero-order valence-corrected chi connectivity index (χ0v) is 11.4. The topological polar surface area (TPSA) is 64.5 Å². The summed E-state index contributed by atoms with van der Waals surface area (Å²) < 4.78 is 0. The fourth-order valence-corrected chi connectivity index (χ4v) is 2.10. The number of aromatic nitrogens is 2. The van der Waals surface area contributed by atoms with Gasteiger partial charge in [-0.2, -0.15) is 5.26 Å². The highest BCUT2D eigenvalue weighted by Crippen LogP contribution is 2.18. The Hall–Kier alpha value is -3.06. The number of hydrogen-bond donors (Lipinski definition) is 2. The van der Waals surface area contributed by atoms with Crippen LogP contribution in [-0.4, -0.2) is 9.97 Å². The molecule has 0 spiro atoms. The van der Waals surface area contributed by atoms with Gasteiger partial charge in [0.15, 0.2) is 0 Å². The van der Waals surface area contributed by atoms with Crippen LogP contribution in [0.2, 0.25) is 0 Å². The lowest BCUT2D eigenvalue weighted by atomic mass is 10.1. The average Bonchev–Trinajstić information content (AvgIpc) is 3.03. The normalized spacial score (nSPS) is 10.0. The van der Waals surface area contributed by atoms with Gasteiger partial charge >= 0.3 is 0 Å². The minimum Gasteiger partial charge on any atom is -0.378 e. The summed E-state index contributed by atoms with van der Waals surface area (Å²) in [6.07, 6.45) is 1.79. The number of aromatic amines is 1. The van der Waals surface area contributed by atoms with Crippen LogP contribution in [0.25, 0.3) is 11.3 Å². The van der Waals surface area contributed by atoms with Crippen LogP contribution in [-0.2, 0) is 6.54 Å². The zero-order chi connectivity index (χ0) is 14.5. The molecule has 0 unspecified atom stereocenters. The fraction of sp³-hybridized carbons (Fsp3) is 0.0588. The van der Waals surface area contributed by atoms with Crippen LogP contribution < -0.4 is 5.32 Å². The maximum atomic E-state index is 8.94. The van der Waals surface area contributed by atoms with Crippen molar-refractivity contribution < 1.29 is 0 Å². The summed E-state index contributed by atoms with van der Waals surface area (Å²) in [5.41, 5.74) is 3.58. The minimum absolute atomic E-state index is 0.627. The molecule has 102 valence electrons. The van der Waals surface area contributed by atoms with Crippen LogP contribution in [0.3, 0.4) is 0 Å². The predicted octanol–water partition coefficient (Wildman–Crippen LogP) is 3.56.